The lowest BCUT2D eigenvalue weighted by Crippen LogP contribution is -2.54. The molecule has 1 fully saturated rings. The standard InChI is InChI=1S/C12H23N3O/c1-4-5-14-6-8-15(9-7-14)12(16)11(13)10(2)3/h4,10-11H,1,5-9,13H2,2-3H3. The van der Waals surface area contributed by atoms with Crippen molar-refractivity contribution in [2.75, 3.05) is 32.7 Å². The molecule has 1 aliphatic rings. The third-order valence-corrected chi connectivity index (χ3v) is 3.07. The van der Waals surface area contributed by atoms with Gasteiger partial charge in [0.05, 0.1) is 6.04 Å². The number of piperazine rings is 1. The van der Waals surface area contributed by atoms with Gasteiger partial charge in [0, 0.05) is 32.7 Å². The second-order valence-corrected chi connectivity index (χ2v) is 4.68. The van der Waals surface area contributed by atoms with E-state index in [0.29, 0.717) is 0 Å². The van der Waals surface area contributed by atoms with E-state index in [1.54, 1.807) is 0 Å². The van der Waals surface area contributed by atoms with Crippen LogP contribution in [0.4, 0.5) is 0 Å². The molecular formula is C12H23N3O. The molecule has 0 aromatic carbocycles. The van der Waals surface area contributed by atoms with E-state index in [4.69, 9.17) is 5.73 Å². The lowest BCUT2D eigenvalue weighted by atomic mass is 10.0. The predicted molar refractivity (Wildman–Crippen MR) is 66.0 cm³/mol. The Labute approximate surface area is 98.1 Å². The maximum atomic E-state index is 12.0. The highest BCUT2D eigenvalue weighted by molar-refractivity contribution is 5.82. The Morgan fingerprint density at radius 2 is 1.94 bits per heavy atom. The first-order chi connectivity index (χ1) is 7.56. The minimum atomic E-state index is -0.356. The lowest BCUT2D eigenvalue weighted by Gasteiger charge is -2.35. The summed E-state index contributed by atoms with van der Waals surface area (Å²) in [6.45, 7) is 12.0. The molecule has 4 heteroatoms. The topological polar surface area (TPSA) is 49.6 Å². The zero-order valence-corrected chi connectivity index (χ0v) is 10.4. The summed E-state index contributed by atoms with van der Waals surface area (Å²) in [5.41, 5.74) is 5.86. The van der Waals surface area contributed by atoms with Gasteiger partial charge in [-0.3, -0.25) is 9.69 Å². The van der Waals surface area contributed by atoms with E-state index < -0.39 is 0 Å². The number of amides is 1. The molecule has 4 nitrogen and oxygen atoms in total. The molecule has 1 rings (SSSR count). The fourth-order valence-corrected chi connectivity index (χ4v) is 1.83. The fourth-order valence-electron chi connectivity index (χ4n) is 1.83. The van der Waals surface area contributed by atoms with Gasteiger partial charge in [-0.25, -0.2) is 0 Å². The van der Waals surface area contributed by atoms with Crippen LogP contribution < -0.4 is 5.73 Å². The highest BCUT2D eigenvalue weighted by atomic mass is 16.2. The minimum absolute atomic E-state index is 0.0910. The molecule has 16 heavy (non-hydrogen) atoms. The maximum Gasteiger partial charge on any atom is 0.239 e. The molecular weight excluding hydrogens is 202 g/mol. The van der Waals surface area contributed by atoms with E-state index in [-0.39, 0.29) is 17.9 Å². The van der Waals surface area contributed by atoms with Gasteiger partial charge in [-0.05, 0) is 5.92 Å². The monoisotopic (exact) mass is 225 g/mol. The van der Waals surface area contributed by atoms with E-state index in [2.05, 4.69) is 11.5 Å². The summed E-state index contributed by atoms with van der Waals surface area (Å²) in [4.78, 5) is 16.1. The molecule has 1 heterocycles. The molecule has 0 aromatic heterocycles. The van der Waals surface area contributed by atoms with Gasteiger partial charge in [0.15, 0.2) is 0 Å². The third-order valence-electron chi connectivity index (χ3n) is 3.07. The maximum absolute atomic E-state index is 12.0. The minimum Gasteiger partial charge on any atom is -0.339 e. The van der Waals surface area contributed by atoms with Crippen LogP contribution in [0.5, 0.6) is 0 Å². The fraction of sp³-hybridized carbons (Fsp3) is 0.750. The van der Waals surface area contributed by atoms with Crippen molar-refractivity contribution in [1.29, 1.82) is 0 Å². The average molecular weight is 225 g/mol. The van der Waals surface area contributed by atoms with Crippen molar-refractivity contribution in [2.24, 2.45) is 11.7 Å². The largest absolute Gasteiger partial charge is 0.339 e. The van der Waals surface area contributed by atoms with Crippen molar-refractivity contribution in [3.05, 3.63) is 12.7 Å². The molecule has 1 unspecified atom stereocenters. The molecule has 1 amide bonds. The molecule has 92 valence electrons. The Bertz CT molecular complexity index is 245. The number of nitrogens with two attached hydrogens (primary N) is 1. The van der Waals surface area contributed by atoms with Crippen LogP contribution in [0.25, 0.3) is 0 Å². The Hall–Kier alpha value is -0.870. The summed E-state index contributed by atoms with van der Waals surface area (Å²) in [5.74, 6) is 0.298. The van der Waals surface area contributed by atoms with Gasteiger partial charge >= 0.3 is 0 Å². The van der Waals surface area contributed by atoms with E-state index in [1.807, 2.05) is 24.8 Å². The Morgan fingerprint density at radius 1 is 1.38 bits per heavy atom. The molecule has 2 N–H and O–H groups in total. The van der Waals surface area contributed by atoms with Crippen molar-refractivity contribution in [3.63, 3.8) is 0 Å². The Balaban J connectivity index is 2.41. The molecule has 0 bridgehead atoms. The van der Waals surface area contributed by atoms with Gasteiger partial charge in [0.2, 0.25) is 5.91 Å². The number of rotatable bonds is 4. The van der Waals surface area contributed by atoms with Crippen molar-refractivity contribution in [2.45, 2.75) is 19.9 Å². The summed E-state index contributed by atoms with van der Waals surface area (Å²) in [6, 6.07) is -0.356. The van der Waals surface area contributed by atoms with Crippen molar-refractivity contribution < 1.29 is 4.79 Å². The molecule has 0 saturated carbocycles. The van der Waals surface area contributed by atoms with Crippen LogP contribution in [-0.2, 0) is 4.79 Å². The quantitative estimate of drug-likeness (QED) is 0.700. The first kappa shape index (κ1) is 13.2. The molecule has 0 spiro atoms. The van der Waals surface area contributed by atoms with Crippen LogP contribution in [0, 0.1) is 5.92 Å². The van der Waals surface area contributed by atoms with Crippen molar-refractivity contribution in [3.8, 4) is 0 Å². The second kappa shape index (κ2) is 6.01. The van der Waals surface area contributed by atoms with Crippen molar-refractivity contribution >= 4 is 5.91 Å². The molecule has 0 aromatic rings. The third kappa shape index (κ3) is 3.32. The van der Waals surface area contributed by atoms with Gasteiger partial charge in [-0.1, -0.05) is 19.9 Å². The SMILES string of the molecule is C=CCN1CCN(C(=O)C(N)C(C)C)CC1. The summed E-state index contributed by atoms with van der Waals surface area (Å²) in [5, 5.41) is 0. The molecule has 1 aliphatic heterocycles. The smallest absolute Gasteiger partial charge is 0.239 e. The number of hydrogen-bond acceptors (Lipinski definition) is 3. The van der Waals surface area contributed by atoms with E-state index in [9.17, 15) is 4.79 Å². The predicted octanol–water partition coefficient (Wildman–Crippen LogP) is 0.300. The van der Waals surface area contributed by atoms with Crippen LogP contribution >= 0.6 is 0 Å². The highest BCUT2D eigenvalue weighted by Gasteiger charge is 2.26. The number of nitrogens with zero attached hydrogens (tertiary/aromatic N) is 2. The average Bonchev–Trinajstić information content (AvgIpc) is 2.28. The van der Waals surface area contributed by atoms with Gasteiger partial charge < -0.3 is 10.6 Å². The summed E-state index contributed by atoms with van der Waals surface area (Å²) < 4.78 is 0. The molecule has 0 radical (unpaired) electrons. The van der Waals surface area contributed by atoms with Crippen LogP contribution in [0.2, 0.25) is 0 Å². The van der Waals surface area contributed by atoms with Gasteiger partial charge in [-0.15, -0.1) is 6.58 Å². The lowest BCUT2D eigenvalue weighted by molar-refractivity contribution is -0.135. The number of carbonyl (C=O) groups excluding carboxylic acids is 1. The zero-order chi connectivity index (χ0) is 12.1. The van der Waals surface area contributed by atoms with Crippen LogP contribution in [0.15, 0.2) is 12.7 Å². The first-order valence-electron chi connectivity index (χ1n) is 5.94. The van der Waals surface area contributed by atoms with Gasteiger partial charge in [0.1, 0.15) is 0 Å². The number of carbonyl (C=O) groups is 1. The summed E-state index contributed by atoms with van der Waals surface area (Å²) >= 11 is 0. The first-order valence-corrected chi connectivity index (χ1v) is 5.94. The Kier molecular flexibility index (Phi) is 4.96. The Morgan fingerprint density at radius 3 is 2.38 bits per heavy atom. The normalized spacial score (nSPS) is 19.9. The number of hydrogen-bond donors (Lipinski definition) is 1. The molecule has 1 atom stereocenters. The second-order valence-electron chi connectivity index (χ2n) is 4.68. The van der Waals surface area contributed by atoms with Crippen molar-refractivity contribution in [1.82, 2.24) is 9.80 Å². The van der Waals surface area contributed by atoms with Crippen LogP contribution in [0.3, 0.4) is 0 Å². The summed E-state index contributed by atoms with van der Waals surface area (Å²) in [7, 11) is 0. The van der Waals surface area contributed by atoms with E-state index in [1.165, 1.54) is 0 Å². The van der Waals surface area contributed by atoms with Gasteiger partial charge in [0.25, 0.3) is 0 Å². The highest BCUT2D eigenvalue weighted by Crippen LogP contribution is 2.07. The molecule has 0 aliphatic carbocycles. The van der Waals surface area contributed by atoms with Gasteiger partial charge in [-0.2, -0.15) is 0 Å². The van der Waals surface area contributed by atoms with Crippen LogP contribution in [0.1, 0.15) is 13.8 Å². The zero-order valence-electron chi connectivity index (χ0n) is 10.4. The van der Waals surface area contributed by atoms with E-state index >= 15 is 0 Å². The summed E-state index contributed by atoms with van der Waals surface area (Å²) in [6.07, 6.45) is 1.90. The van der Waals surface area contributed by atoms with Crippen LogP contribution in [-0.4, -0.2) is 54.5 Å². The van der Waals surface area contributed by atoms with E-state index in [0.717, 1.165) is 32.7 Å². The molecule has 1 saturated heterocycles.